The molecule has 0 radical (unpaired) electrons. The van der Waals surface area contributed by atoms with Gasteiger partial charge in [-0.25, -0.2) is 0 Å². The molecule has 0 spiro atoms. The van der Waals surface area contributed by atoms with Crippen molar-refractivity contribution in [3.8, 4) is 5.75 Å². The van der Waals surface area contributed by atoms with E-state index in [0.717, 1.165) is 18.8 Å². The molecule has 3 nitrogen and oxygen atoms in total. The zero-order chi connectivity index (χ0) is 11.5. The Morgan fingerprint density at radius 3 is 2.50 bits per heavy atom. The maximum atomic E-state index is 6.13. The summed E-state index contributed by atoms with van der Waals surface area (Å²) in [5.41, 5.74) is 7.44. The van der Waals surface area contributed by atoms with Gasteiger partial charge in [-0.15, -0.1) is 0 Å². The van der Waals surface area contributed by atoms with Crippen molar-refractivity contribution in [2.45, 2.75) is 18.9 Å². The van der Waals surface area contributed by atoms with Crippen LogP contribution in [0.4, 0.5) is 0 Å². The quantitative estimate of drug-likeness (QED) is 0.837. The topological polar surface area (TPSA) is 38.5 Å². The van der Waals surface area contributed by atoms with Crippen molar-refractivity contribution in [1.82, 2.24) is 4.90 Å². The van der Waals surface area contributed by atoms with Crippen LogP contribution < -0.4 is 10.5 Å². The largest absolute Gasteiger partial charge is 0.494 e. The summed E-state index contributed by atoms with van der Waals surface area (Å²) in [6.07, 6.45) is 0. The van der Waals surface area contributed by atoms with Crippen molar-refractivity contribution in [1.29, 1.82) is 0 Å². The van der Waals surface area contributed by atoms with Crippen LogP contribution in [-0.2, 0) is 0 Å². The number of nitrogens with two attached hydrogens (primary N) is 1. The summed E-state index contributed by atoms with van der Waals surface area (Å²) in [4.78, 5) is 2.28. The molecule has 16 heavy (non-hydrogen) atoms. The molecule has 2 atom stereocenters. The lowest BCUT2D eigenvalue weighted by Gasteiger charge is -2.15. The lowest BCUT2D eigenvalue weighted by Crippen LogP contribution is -2.27. The first-order chi connectivity index (χ1) is 7.70. The molecule has 3 heteroatoms. The highest BCUT2D eigenvalue weighted by molar-refractivity contribution is 5.31. The Morgan fingerprint density at radius 1 is 1.31 bits per heavy atom. The number of likely N-dealkylation sites (tertiary alicyclic amines) is 1. The number of likely N-dealkylation sites (N-methyl/N-ethyl adjacent to an activating group) is 1. The van der Waals surface area contributed by atoms with Crippen LogP contribution in [0.2, 0.25) is 0 Å². The number of hydrogen-bond donors (Lipinski definition) is 1. The summed E-state index contributed by atoms with van der Waals surface area (Å²) in [6.45, 7) is 4.74. The number of ether oxygens (including phenoxy) is 1. The van der Waals surface area contributed by atoms with Gasteiger partial charge in [0.25, 0.3) is 0 Å². The van der Waals surface area contributed by atoms with E-state index in [1.54, 1.807) is 0 Å². The lowest BCUT2D eigenvalue weighted by molar-refractivity contribution is 0.340. The molecule has 1 aromatic carbocycles. The van der Waals surface area contributed by atoms with E-state index in [1.807, 2.05) is 19.1 Å². The zero-order valence-corrected chi connectivity index (χ0v) is 10.0. The minimum absolute atomic E-state index is 0.253. The first kappa shape index (κ1) is 11.4. The third kappa shape index (κ3) is 2.36. The molecule has 0 saturated carbocycles. The molecule has 0 amide bonds. The maximum Gasteiger partial charge on any atom is 0.119 e. The molecule has 2 rings (SSSR count). The standard InChI is InChI=1S/C13H20N2O/c1-3-16-11-6-4-10(5-7-11)12-8-15(2)9-13(12)14/h4-7,12-13H,3,8-9,14H2,1-2H3/t12-,13+/m1/s1. The van der Waals surface area contributed by atoms with E-state index in [0.29, 0.717) is 12.5 Å². The van der Waals surface area contributed by atoms with Crippen molar-refractivity contribution >= 4 is 0 Å². The molecule has 0 unspecified atom stereocenters. The molecule has 0 bridgehead atoms. The molecule has 1 saturated heterocycles. The van der Waals surface area contributed by atoms with Gasteiger partial charge in [-0.2, -0.15) is 0 Å². The average Bonchev–Trinajstić information content (AvgIpc) is 2.59. The van der Waals surface area contributed by atoms with Crippen LogP contribution in [-0.4, -0.2) is 37.7 Å². The van der Waals surface area contributed by atoms with Crippen LogP contribution in [0.3, 0.4) is 0 Å². The second-order valence-corrected chi connectivity index (χ2v) is 4.49. The van der Waals surface area contributed by atoms with Crippen LogP contribution in [0, 0.1) is 0 Å². The molecule has 1 heterocycles. The lowest BCUT2D eigenvalue weighted by atomic mass is 9.95. The SMILES string of the molecule is CCOc1ccc([C@H]2CN(C)C[C@@H]2N)cc1. The van der Waals surface area contributed by atoms with Gasteiger partial charge in [-0.05, 0) is 31.7 Å². The Labute approximate surface area is 97.2 Å². The third-order valence-electron chi connectivity index (χ3n) is 3.17. The highest BCUT2D eigenvalue weighted by Gasteiger charge is 2.28. The summed E-state index contributed by atoms with van der Waals surface area (Å²) < 4.78 is 5.43. The molecular formula is C13H20N2O. The Bertz CT molecular complexity index is 336. The van der Waals surface area contributed by atoms with Crippen LogP contribution in [0.15, 0.2) is 24.3 Å². The fourth-order valence-corrected chi connectivity index (χ4v) is 2.36. The van der Waals surface area contributed by atoms with E-state index in [-0.39, 0.29) is 6.04 Å². The zero-order valence-electron chi connectivity index (χ0n) is 10.0. The summed E-state index contributed by atoms with van der Waals surface area (Å²) in [6, 6.07) is 8.58. The van der Waals surface area contributed by atoms with Gasteiger partial charge in [0.2, 0.25) is 0 Å². The molecule has 1 aliphatic heterocycles. The van der Waals surface area contributed by atoms with Gasteiger partial charge in [0.1, 0.15) is 5.75 Å². The Kier molecular flexibility index (Phi) is 3.46. The normalized spacial score (nSPS) is 25.9. The van der Waals surface area contributed by atoms with Crippen LogP contribution in [0.1, 0.15) is 18.4 Å². The number of rotatable bonds is 3. The van der Waals surface area contributed by atoms with Gasteiger partial charge < -0.3 is 15.4 Å². The minimum Gasteiger partial charge on any atom is -0.494 e. The highest BCUT2D eigenvalue weighted by atomic mass is 16.5. The average molecular weight is 220 g/mol. The van der Waals surface area contributed by atoms with Gasteiger partial charge in [0, 0.05) is 25.0 Å². The fraction of sp³-hybridized carbons (Fsp3) is 0.538. The predicted octanol–water partition coefficient (Wildman–Crippen LogP) is 1.44. The number of hydrogen-bond acceptors (Lipinski definition) is 3. The van der Waals surface area contributed by atoms with Crippen LogP contribution in [0.5, 0.6) is 5.75 Å². The second kappa shape index (κ2) is 4.85. The third-order valence-corrected chi connectivity index (χ3v) is 3.17. The molecule has 2 N–H and O–H groups in total. The van der Waals surface area contributed by atoms with Gasteiger partial charge in [-0.3, -0.25) is 0 Å². The van der Waals surface area contributed by atoms with Crippen molar-refractivity contribution in [2.24, 2.45) is 5.73 Å². The molecular weight excluding hydrogens is 200 g/mol. The molecule has 0 aromatic heterocycles. The number of benzene rings is 1. The second-order valence-electron chi connectivity index (χ2n) is 4.49. The van der Waals surface area contributed by atoms with E-state index in [1.165, 1.54) is 5.56 Å². The fourth-order valence-electron chi connectivity index (χ4n) is 2.36. The van der Waals surface area contributed by atoms with Gasteiger partial charge in [0.15, 0.2) is 0 Å². The van der Waals surface area contributed by atoms with E-state index in [9.17, 15) is 0 Å². The van der Waals surface area contributed by atoms with Gasteiger partial charge in [0.05, 0.1) is 6.61 Å². The van der Waals surface area contributed by atoms with E-state index in [4.69, 9.17) is 10.5 Å². The van der Waals surface area contributed by atoms with E-state index < -0.39 is 0 Å². The highest BCUT2D eigenvalue weighted by Crippen LogP contribution is 2.26. The van der Waals surface area contributed by atoms with Gasteiger partial charge in [-0.1, -0.05) is 12.1 Å². The summed E-state index contributed by atoms with van der Waals surface area (Å²) >= 11 is 0. The molecule has 1 fully saturated rings. The smallest absolute Gasteiger partial charge is 0.119 e. The first-order valence-corrected chi connectivity index (χ1v) is 5.87. The Morgan fingerprint density at radius 2 is 2.00 bits per heavy atom. The van der Waals surface area contributed by atoms with E-state index >= 15 is 0 Å². The predicted molar refractivity (Wildman–Crippen MR) is 65.8 cm³/mol. The molecule has 1 aromatic rings. The molecule has 0 aliphatic carbocycles. The van der Waals surface area contributed by atoms with E-state index in [2.05, 4.69) is 24.1 Å². The van der Waals surface area contributed by atoms with Gasteiger partial charge >= 0.3 is 0 Å². The van der Waals surface area contributed by atoms with Crippen molar-refractivity contribution in [3.63, 3.8) is 0 Å². The van der Waals surface area contributed by atoms with Crippen molar-refractivity contribution in [3.05, 3.63) is 29.8 Å². The monoisotopic (exact) mass is 220 g/mol. The number of nitrogens with zero attached hydrogens (tertiary/aromatic N) is 1. The summed E-state index contributed by atoms with van der Waals surface area (Å²) in [7, 11) is 2.12. The summed E-state index contributed by atoms with van der Waals surface area (Å²) in [5, 5.41) is 0. The molecule has 88 valence electrons. The van der Waals surface area contributed by atoms with Crippen LogP contribution in [0.25, 0.3) is 0 Å². The Hall–Kier alpha value is -1.06. The minimum atomic E-state index is 0.253. The maximum absolute atomic E-state index is 6.13. The van der Waals surface area contributed by atoms with Crippen LogP contribution >= 0.6 is 0 Å². The Balaban J connectivity index is 2.09. The molecule has 1 aliphatic rings. The van der Waals surface area contributed by atoms with Crippen molar-refractivity contribution in [2.75, 3.05) is 26.7 Å². The summed E-state index contributed by atoms with van der Waals surface area (Å²) in [5.74, 6) is 1.40. The van der Waals surface area contributed by atoms with Crippen molar-refractivity contribution < 1.29 is 4.74 Å². The first-order valence-electron chi connectivity index (χ1n) is 5.87.